The van der Waals surface area contributed by atoms with E-state index in [2.05, 4.69) is 6.92 Å². The minimum absolute atomic E-state index is 0.142. The van der Waals surface area contributed by atoms with Gasteiger partial charge in [0.2, 0.25) is 11.8 Å². The molecule has 3 rings (SSSR count). The summed E-state index contributed by atoms with van der Waals surface area (Å²) >= 11 is 0. The Labute approximate surface area is 120 Å². The molecule has 3 aliphatic heterocycles. The Hall–Kier alpha value is -1.10. The average molecular weight is 280 g/mol. The van der Waals surface area contributed by atoms with Crippen LogP contribution in [0.4, 0.5) is 0 Å². The Balaban J connectivity index is 1.84. The molecule has 2 atom stereocenters. The molecule has 0 bridgehead atoms. The molecule has 3 aliphatic rings. The first-order chi connectivity index (χ1) is 9.62. The number of carbonyl (C=O) groups excluding carboxylic acids is 2. The minimum Gasteiger partial charge on any atom is -0.379 e. The van der Waals surface area contributed by atoms with Crippen LogP contribution in [0.15, 0.2) is 0 Å². The Morgan fingerprint density at radius 2 is 2.05 bits per heavy atom. The quantitative estimate of drug-likeness (QED) is 0.724. The van der Waals surface area contributed by atoms with Gasteiger partial charge in [0.25, 0.3) is 0 Å². The third kappa shape index (κ3) is 2.32. The lowest BCUT2D eigenvalue weighted by atomic mass is 9.91. The van der Waals surface area contributed by atoms with Gasteiger partial charge in [-0.1, -0.05) is 0 Å². The lowest BCUT2D eigenvalue weighted by Crippen LogP contribution is -2.58. The van der Waals surface area contributed by atoms with E-state index < -0.39 is 0 Å². The second-order valence-corrected chi connectivity index (χ2v) is 6.49. The highest BCUT2D eigenvalue weighted by atomic mass is 16.5. The highest BCUT2D eigenvalue weighted by Gasteiger charge is 2.44. The summed E-state index contributed by atoms with van der Waals surface area (Å²) in [6.45, 7) is 4.78. The second kappa shape index (κ2) is 5.35. The van der Waals surface area contributed by atoms with Gasteiger partial charge in [0.1, 0.15) is 6.04 Å². The Kier molecular flexibility index (Phi) is 3.71. The zero-order valence-electron chi connectivity index (χ0n) is 12.3. The van der Waals surface area contributed by atoms with E-state index in [9.17, 15) is 9.59 Å². The third-order valence-corrected chi connectivity index (χ3v) is 4.99. The first-order valence-corrected chi connectivity index (χ1v) is 7.80. The van der Waals surface area contributed by atoms with Crippen molar-refractivity contribution >= 4 is 11.8 Å². The SMILES string of the molecule is CC1(N2CCC(=O)N3CCCCC3C2=O)CCCOC1. The molecule has 3 saturated heterocycles. The Morgan fingerprint density at radius 1 is 1.20 bits per heavy atom. The van der Waals surface area contributed by atoms with Crippen LogP contribution in [0.25, 0.3) is 0 Å². The minimum atomic E-state index is -0.233. The Morgan fingerprint density at radius 3 is 2.80 bits per heavy atom. The smallest absolute Gasteiger partial charge is 0.245 e. The number of fused-ring (bicyclic) bond motifs is 1. The number of hydrogen-bond donors (Lipinski definition) is 0. The van der Waals surface area contributed by atoms with E-state index in [4.69, 9.17) is 4.74 Å². The summed E-state index contributed by atoms with van der Waals surface area (Å²) in [4.78, 5) is 28.9. The number of ether oxygens (including phenoxy) is 1. The van der Waals surface area contributed by atoms with Crippen LogP contribution >= 0.6 is 0 Å². The van der Waals surface area contributed by atoms with Gasteiger partial charge in [-0.2, -0.15) is 0 Å². The van der Waals surface area contributed by atoms with E-state index in [1.165, 1.54) is 0 Å². The molecule has 0 radical (unpaired) electrons. The molecule has 0 aliphatic carbocycles. The third-order valence-electron chi connectivity index (χ3n) is 4.99. The van der Waals surface area contributed by atoms with Crippen LogP contribution in [0.3, 0.4) is 0 Å². The largest absolute Gasteiger partial charge is 0.379 e. The van der Waals surface area contributed by atoms with Crippen LogP contribution in [0.2, 0.25) is 0 Å². The van der Waals surface area contributed by atoms with E-state index in [0.29, 0.717) is 19.6 Å². The summed E-state index contributed by atoms with van der Waals surface area (Å²) < 4.78 is 5.60. The summed E-state index contributed by atoms with van der Waals surface area (Å²) in [5, 5.41) is 0. The summed E-state index contributed by atoms with van der Waals surface area (Å²) in [5.74, 6) is 0.287. The molecule has 0 spiro atoms. The van der Waals surface area contributed by atoms with Gasteiger partial charge in [0.15, 0.2) is 0 Å². The van der Waals surface area contributed by atoms with Crippen LogP contribution in [0, 0.1) is 0 Å². The zero-order chi connectivity index (χ0) is 14.2. The molecule has 2 unspecified atom stereocenters. The van der Waals surface area contributed by atoms with E-state index in [-0.39, 0.29) is 23.4 Å². The van der Waals surface area contributed by atoms with Crippen molar-refractivity contribution < 1.29 is 14.3 Å². The van der Waals surface area contributed by atoms with Gasteiger partial charge >= 0.3 is 0 Å². The van der Waals surface area contributed by atoms with Crippen molar-refractivity contribution in [3.05, 3.63) is 0 Å². The molecule has 0 N–H and O–H groups in total. The van der Waals surface area contributed by atoms with Crippen molar-refractivity contribution in [1.29, 1.82) is 0 Å². The number of carbonyl (C=O) groups is 2. The van der Waals surface area contributed by atoms with Gasteiger partial charge < -0.3 is 14.5 Å². The predicted molar refractivity (Wildman–Crippen MR) is 74.1 cm³/mol. The van der Waals surface area contributed by atoms with Crippen LogP contribution in [-0.2, 0) is 14.3 Å². The molecule has 3 heterocycles. The first kappa shape index (κ1) is 13.9. The van der Waals surface area contributed by atoms with Crippen LogP contribution in [0.5, 0.6) is 0 Å². The normalized spacial score (nSPS) is 35.8. The molecule has 5 nitrogen and oxygen atoms in total. The summed E-state index contributed by atoms with van der Waals surface area (Å²) in [6.07, 6.45) is 5.30. The molecule has 0 aromatic rings. The summed E-state index contributed by atoms with van der Waals surface area (Å²) in [5.41, 5.74) is -0.233. The van der Waals surface area contributed by atoms with Crippen molar-refractivity contribution in [3.8, 4) is 0 Å². The number of piperidine rings is 1. The van der Waals surface area contributed by atoms with E-state index >= 15 is 0 Å². The number of hydrogen-bond acceptors (Lipinski definition) is 3. The first-order valence-electron chi connectivity index (χ1n) is 7.80. The van der Waals surface area contributed by atoms with Crippen molar-refractivity contribution in [2.45, 2.75) is 57.0 Å². The zero-order valence-corrected chi connectivity index (χ0v) is 12.3. The van der Waals surface area contributed by atoms with Gasteiger partial charge in [-0.15, -0.1) is 0 Å². The monoisotopic (exact) mass is 280 g/mol. The fraction of sp³-hybridized carbons (Fsp3) is 0.867. The lowest BCUT2D eigenvalue weighted by Gasteiger charge is -2.45. The summed E-state index contributed by atoms with van der Waals surface area (Å²) in [7, 11) is 0. The number of nitrogens with zero attached hydrogens (tertiary/aromatic N) is 2. The van der Waals surface area contributed by atoms with E-state index in [1.54, 1.807) is 0 Å². The standard InChI is InChI=1S/C15H24N2O3/c1-15(7-4-10-20-11-15)17-9-6-13(18)16-8-3-2-5-12(16)14(17)19/h12H,2-11H2,1H3. The molecule has 0 aromatic carbocycles. The van der Waals surface area contributed by atoms with Crippen molar-refractivity contribution in [2.24, 2.45) is 0 Å². The van der Waals surface area contributed by atoms with Crippen molar-refractivity contribution in [3.63, 3.8) is 0 Å². The van der Waals surface area contributed by atoms with Gasteiger partial charge in [-0.3, -0.25) is 9.59 Å². The number of rotatable bonds is 1. The van der Waals surface area contributed by atoms with Gasteiger partial charge in [0.05, 0.1) is 12.1 Å². The van der Waals surface area contributed by atoms with Crippen LogP contribution in [0.1, 0.15) is 45.4 Å². The van der Waals surface area contributed by atoms with Gasteiger partial charge in [-0.25, -0.2) is 0 Å². The maximum atomic E-state index is 12.9. The lowest BCUT2D eigenvalue weighted by molar-refractivity contribution is -0.150. The maximum Gasteiger partial charge on any atom is 0.245 e. The highest BCUT2D eigenvalue weighted by molar-refractivity contribution is 5.90. The topological polar surface area (TPSA) is 49.9 Å². The van der Waals surface area contributed by atoms with E-state index in [1.807, 2.05) is 9.80 Å². The van der Waals surface area contributed by atoms with Crippen LogP contribution < -0.4 is 0 Å². The van der Waals surface area contributed by atoms with Gasteiger partial charge in [-0.05, 0) is 39.0 Å². The molecule has 2 amide bonds. The van der Waals surface area contributed by atoms with Gasteiger partial charge in [0, 0.05) is 26.1 Å². The summed E-state index contributed by atoms with van der Waals surface area (Å²) in [6, 6.07) is -0.225. The molecule has 3 fully saturated rings. The van der Waals surface area contributed by atoms with Crippen molar-refractivity contribution in [1.82, 2.24) is 9.80 Å². The van der Waals surface area contributed by atoms with Crippen LogP contribution in [-0.4, -0.2) is 59.5 Å². The predicted octanol–water partition coefficient (Wildman–Crippen LogP) is 1.17. The Bertz CT molecular complexity index is 404. The maximum absolute atomic E-state index is 12.9. The van der Waals surface area contributed by atoms with E-state index in [0.717, 1.165) is 45.3 Å². The second-order valence-electron chi connectivity index (χ2n) is 6.49. The molecular weight excluding hydrogens is 256 g/mol. The molecule has 5 heteroatoms. The highest BCUT2D eigenvalue weighted by Crippen LogP contribution is 2.31. The molecule has 0 aromatic heterocycles. The molecular formula is C15H24N2O3. The fourth-order valence-electron chi connectivity index (χ4n) is 3.80. The molecule has 20 heavy (non-hydrogen) atoms. The average Bonchev–Trinajstić information content (AvgIpc) is 2.59. The fourth-order valence-corrected chi connectivity index (χ4v) is 3.80. The molecule has 112 valence electrons. The van der Waals surface area contributed by atoms with Crippen molar-refractivity contribution in [2.75, 3.05) is 26.3 Å². The number of amides is 2. The molecule has 0 saturated carbocycles.